The number of carboxylic acids is 1. The highest BCUT2D eigenvalue weighted by molar-refractivity contribution is 7.89. The summed E-state index contributed by atoms with van der Waals surface area (Å²) in [5, 5.41) is 16.9. The van der Waals surface area contributed by atoms with Gasteiger partial charge >= 0.3 is 5.97 Å². The van der Waals surface area contributed by atoms with Gasteiger partial charge in [0.25, 0.3) is 0 Å². The number of aliphatic hydroxyl groups excluding tert-OH is 1. The van der Waals surface area contributed by atoms with E-state index in [2.05, 4.69) is 6.58 Å². The highest BCUT2D eigenvalue weighted by atomic mass is 32.2. The Balaban J connectivity index is 4.02. The fourth-order valence-corrected chi connectivity index (χ4v) is 1.35. The third-order valence-corrected chi connectivity index (χ3v) is 2.40. The van der Waals surface area contributed by atoms with Crippen LogP contribution < -0.4 is 4.72 Å². The summed E-state index contributed by atoms with van der Waals surface area (Å²) in [5.41, 5.74) is 0. The second-order valence-electron chi connectivity index (χ2n) is 2.27. The first-order valence-corrected chi connectivity index (χ1v) is 5.03. The molecule has 0 aliphatic rings. The van der Waals surface area contributed by atoms with Crippen LogP contribution in [0.2, 0.25) is 0 Å². The topological polar surface area (TPSA) is 104 Å². The van der Waals surface area contributed by atoms with E-state index in [1.165, 1.54) is 0 Å². The van der Waals surface area contributed by atoms with Crippen LogP contribution in [0.3, 0.4) is 0 Å². The number of rotatable bonds is 6. The van der Waals surface area contributed by atoms with Gasteiger partial charge in [-0.1, -0.05) is 6.08 Å². The van der Waals surface area contributed by atoms with E-state index in [0.29, 0.717) is 0 Å². The van der Waals surface area contributed by atoms with E-state index in [0.717, 1.165) is 6.08 Å². The zero-order valence-electron chi connectivity index (χ0n) is 6.80. The summed E-state index contributed by atoms with van der Waals surface area (Å²) < 4.78 is 23.7. The lowest BCUT2D eigenvalue weighted by Crippen LogP contribution is -2.37. The molecule has 0 radical (unpaired) electrons. The van der Waals surface area contributed by atoms with Crippen molar-refractivity contribution >= 4 is 16.0 Å². The van der Waals surface area contributed by atoms with E-state index in [1.54, 1.807) is 0 Å². The molecular formula is C6H11NO5S. The van der Waals surface area contributed by atoms with Crippen LogP contribution in [-0.4, -0.2) is 43.0 Å². The Morgan fingerprint density at radius 3 is 2.54 bits per heavy atom. The van der Waals surface area contributed by atoms with Crippen molar-refractivity contribution < 1.29 is 23.4 Å². The minimum atomic E-state index is -3.55. The van der Waals surface area contributed by atoms with Gasteiger partial charge in [-0.05, 0) is 0 Å². The van der Waals surface area contributed by atoms with Crippen LogP contribution in [0.4, 0.5) is 0 Å². The normalized spacial score (nSPS) is 13.6. The van der Waals surface area contributed by atoms with Gasteiger partial charge < -0.3 is 10.2 Å². The number of nitrogens with one attached hydrogen (secondary N) is 1. The highest BCUT2D eigenvalue weighted by Gasteiger charge is 2.16. The van der Waals surface area contributed by atoms with Gasteiger partial charge in [0.1, 0.15) is 0 Å². The van der Waals surface area contributed by atoms with Crippen molar-refractivity contribution in [2.45, 2.75) is 6.10 Å². The van der Waals surface area contributed by atoms with Crippen LogP contribution in [0.25, 0.3) is 0 Å². The molecule has 0 heterocycles. The fourth-order valence-electron chi connectivity index (χ4n) is 0.507. The van der Waals surface area contributed by atoms with Crippen LogP contribution in [0.1, 0.15) is 0 Å². The van der Waals surface area contributed by atoms with Crippen molar-refractivity contribution in [2.24, 2.45) is 0 Å². The Morgan fingerprint density at radius 1 is 1.62 bits per heavy atom. The Morgan fingerprint density at radius 2 is 2.15 bits per heavy atom. The molecule has 3 N–H and O–H groups in total. The molecule has 0 saturated carbocycles. The molecule has 0 spiro atoms. The lowest BCUT2D eigenvalue weighted by Gasteiger charge is -2.06. The molecule has 0 aliphatic heterocycles. The van der Waals surface area contributed by atoms with Crippen molar-refractivity contribution in [3.63, 3.8) is 0 Å². The lowest BCUT2D eigenvalue weighted by atomic mass is 10.4. The predicted octanol–water partition coefficient (Wildman–Crippen LogP) is -1.46. The molecule has 76 valence electrons. The number of carboxylic acid groups (broad SMARTS) is 1. The van der Waals surface area contributed by atoms with E-state index < -0.39 is 28.6 Å². The molecular weight excluding hydrogens is 198 g/mol. The standard InChI is InChI=1S/C6H11NO5S/c1-2-3-13(11,12)7-4-5(8)6(9)10/h2,5,7-8H,1,3-4H2,(H,9,10)/t5-/m0/s1. The van der Waals surface area contributed by atoms with Gasteiger partial charge in [-0.25, -0.2) is 17.9 Å². The molecule has 6 nitrogen and oxygen atoms in total. The van der Waals surface area contributed by atoms with Crippen LogP contribution in [-0.2, 0) is 14.8 Å². The lowest BCUT2D eigenvalue weighted by molar-refractivity contribution is -0.146. The Kier molecular flexibility index (Phi) is 4.60. The third kappa shape index (κ3) is 5.34. The van der Waals surface area contributed by atoms with Gasteiger partial charge in [0.05, 0.1) is 5.75 Å². The average molecular weight is 209 g/mol. The average Bonchev–Trinajstić information content (AvgIpc) is 2.00. The first kappa shape index (κ1) is 12.1. The van der Waals surface area contributed by atoms with Gasteiger partial charge in [-0.2, -0.15) is 0 Å². The Bertz CT molecular complexity index is 283. The molecule has 0 amide bonds. The fraction of sp³-hybridized carbons (Fsp3) is 0.500. The van der Waals surface area contributed by atoms with Crippen molar-refractivity contribution in [3.05, 3.63) is 12.7 Å². The van der Waals surface area contributed by atoms with E-state index in [9.17, 15) is 13.2 Å². The summed E-state index contributed by atoms with van der Waals surface area (Å²) >= 11 is 0. The van der Waals surface area contributed by atoms with Crippen LogP contribution in [0.5, 0.6) is 0 Å². The van der Waals surface area contributed by atoms with Crippen LogP contribution >= 0.6 is 0 Å². The van der Waals surface area contributed by atoms with E-state index in [4.69, 9.17) is 10.2 Å². The predicted molar refractivity (Wildman–Crippen MR) is 45.6 cm³/mol. The molecule has 0 aromatic rings. The van der Waals surface area contributed by atoms with Crippen molar-refractivity contribution in [3.8, 4) is 0 Å². The third-order valence-electron chi connectivity index (χ3n) is 1.12. The molecule has 13 heavy (non-hydrogen) atoms. The van der Waals surface area contributed by atoms with E-state index in [-0.39, 0.29) is 5.75 Å². The quantitative estimate of drug-likeness (QED) is 0.464. The molecule has 0 aliphatic carbocycles. The number of aliphatic hydroxyl groups is 1. The largest absolute Gasteiger partial charge is 0.479 e. The summed E-state index contributed by atoms with van der Waals surface area (Å²) in [5.74, 6) is -1.78. The van der Waals surface area contributed by atoms with Gasteiger partial charge in [-0.15, -0.1) is 6.58 Å². The van der Waals surface area contributed by atoms with Gasteiger partial charge in [-0.3, -0.25) is 0 Å². The molecule has 0 unspecified atom stereocenters. The number of hydrogen-bond donors (Lipinski definition) is 3. The molecule has 7 heteroatoms. The van der Waals surface area contributed by atoms with Crippen molar-refractivity contribution in [1.82, 2.24) is 4.72 Å². The first-order chi connectivity index (χ1) is 5.89. The zero-order chi connectivity index (χ0) is 10.5. The zero-order valence-corrected chi connectivity index (χ0v) is 7.62. The van der Waals surface area contributed by atoms with Crippen molar-refractivity contribution in [2.75, 3.05) is 12.3 Å². The number of carbonyl (C=O) groups is 1. The summed E-state index contributed by atoms with van der Waals surface area (Å²) in [6.45, 7) is 2.67. The summed E-state index contributed by atoms with van der Waals surface area (Å²) in [6, 6.07) is 0. The Hall–Kier alpha value is -0.920. The van der Waals surface area contributed by atoms with Crippen LogP contribution in [0.15, 0.2) is 12.7 Å². The molecule has 0 fully saturated rings. The van der Waals surface area contributed by atoms with Crippen molar-refractivity contribution in [1.29, 1.82) is 0 Å². The summed E-state index contributed by atoms with van der Waals surface area (Å²) in [4.78, 5) is 10.1. The molecule has 0 rings (SSSR count). The second kappa shape index (κ2) is 4.95. The minimum absolute atomic E-state index is 0.306. The number of aliphatic carboxylic acids is 1. The highest BCUT2D eigenvalue weighted by Crippen LogP contribution is 1.87. The van der Waals surface area contributed by atoms with E-state index in [1.807, 2.05) is 4.72 Å². The Labute approximate surface area is 75.9 Å². The SMILES string of the molecule is C=CCS(=O)(=O)NC[C@H](O)C(=O)O. The molecule has 0 bridgehead atoms. The van der Waals surface area contributed by atoms with Gasteiger partial charge in [0.15, 0.2) is 6.10 Å². The first-order valence-electron chi connectivity index (χ1n) is 3.38. The molecule has 0 aromatic carbocycles. The monoisotopic (exact) mass is 209 g/mol. The molecule has 0 saturated heterocycles. The van der Waals surface area contributed by atoms with Gasteiger partial charge in [0, 0.05) is 6.54 Å². The van der Waals surface area contributed by atoms with Gasteiger partial charge in [0.2, 0.25) is 10.0 Å². The van der Waals surface area contributed by atoms with Crippen LogP contribution in [0, 0.1) is 0 Å². The minimum Gasteiger partial charge on any atom is -0.479 e. The van der Waals surface area contributed by atoms with E-state index >= 15 is 0 Å². The molecule has 1 atom stereocenters. The maximum absolute atomic E-state index is 10.9. The smallest absolute Gasteiger partial charge is 0.333 e. The molecule has 0 aromatic heterocycles. The number of hydrogen-bond acceptors (Lipinski definition) is 4. The second-order valence-corrected chi connectivity index (χ2v) is 4.12. The summed E-state index contributed by atoms with van der Waals surface area (Å²) in [7, 11) is -3.55. The maximum Gasteiger partial charge on any atom is 0.333 e. The summed E-state index contributed by atoms with van der Waals surface area (Å²) in [6.07, 6.45) is -0.560. The number of sulfonamides is 1. The maximum atomic E-state index is 10.9.